The van der Waals surface area contributed by atoms with E-state index in [9.17, 15) is 0 Å². The number of nitrogens with zero attached hydrogens (tertiary/aromatic N) is 16. The average Bonchev–Trinajstić information content (AvgIpc) is 1.57. The van der Waals surface area contributed by atoms with Crippen molar-refractivity contribution in [3.8, 4) is 79.9 Å². The van der Waals surface area contributed by atoms with Crippen LogP contribution in [0, 0.1) is 0 Å². The molecule has 16 heteroatoms. The molecule has 0 aliphatic rings. The van der Waals surface area contributed by atoms with Crippen molar-refractivity contribution in [2.24, 2.45) is 0 Å². The molecule has 134 heavy (non-hydrogen) atoms. The number of imidazole rings is 4. The van der Waals surface area contributed by atoms with Gasteiger partial charge in [-0.3, -0.25) is 36.2 Å². The molecular formula is C118H70N16. The first-order chi connectivity index (χ1) is 66.5. The third kappa shape index (κ3) is 10.2. The van der Waals surface area contributed by atoms with Gasteiger partial charge in [0.2, 0.25) is 17.5 Å². The Hall–Kier alpha value is -18.5. The second kappa shape index (κ2) is 27.5. The number of aromatic nitrogens is 16. The molecule has 0 saturated heterocycles. The van der Waals surface area contributed by atoms with Crippen LogP contribution in [0.4, 0.5) is 0 Å². The summed E-state index contributed by atoms with van der Waals surface area (Å²) >= 11 is 0. The minimum Gasteiger partial charge on any atom is -0.309 e. The molecule has 0 aliphatic carbocycles. The van der Waals surface area contributed by atoms with Crippen LogP contribution in [0.25, 0.3) is 266 Å². The van der Waals surface area contributed by atoms with Gasteiger partial charge in [-0.2, -0.15) is 4.98 Å². The first-order valence-electron chi connectivity index (χ1n) is 45.3. The summed E-state index contributed by atoms with van der Waals surface area (Å²) in [7, 11) is 0. The van der Waals surface area contributed by atoms with E-state index in [2.05, 4.69) is 470 Å². The molecule has 0 atom stereocenters. The van der Waals surface area contributed by atoms with Crippen LogP contribution in [0.5, 0.6) is 0 Å². The van der Waals surface area contributed by atoms with Crippen LogP contribution >= 0.6 is 0 Å². The van der Waals surface area contributed by atoms with E-state index in [0.717, 1.165) is 210 Å². The Kier molecular flexibility index (Phi) is 14.9. The van der Waals surface area contributed by atoms with Crippen LogP contribution in [-0.4, -0.2) is 75.2 Å². The minimum absolute atomic E-state index is 0.513. The molecule has 0 unspecified atom stereocenters. The first kappa shape index (κ1) is 72.5. The van der Waals surface area contributed by atoms with Gasteiger partial charge in [0.25, 0.3) is 0 Å². The Bertz CT molecular complexity index is 10100. The third-order valence-corrected chi connectivity index (χ3v) is 28.0. The van der Waals surface area contributed by atoms with E-state index < -0.39 is 0 Å². The fourth-order valence-corrected chi connectivity index (χ4v) is 22.3. The lowest BCUT2D eigenvalue weighted by molar-refractivity contribution is 0.951. The lowest BCUT2D eigenvalue weighted by Crippen LogP contribution is -2.08. The molecule has 30 rings (SSSR count). The second-order valence-corrected chi connectivity index (χ2v) is 35.0. The summed E-state index contributed by atoms with van der Waals surface area (Å²) in [6.45, 7) is 0. The van der Waals surface area contributed by atoms with Crippen molar-refractivity contribution in [3.63, 3.8) is 0 Å². The fourth-order valence-electron chi connectivity index (χ4n) is 22.3. The summed E-state index contributed by atoms with van der Waals surface area (Å²) in [6.07, 6.45) is 0. The zero-order valence-electron chi connectivity index (χ0n) is 71.6. The lowest BCUT2D eigenvalue weighted by Gasteiger charge is -2.18. The van der Waals surface area contributed by atoms with Gasteiger partial charge in [-0.25, -0.2) is 24.9 Å². The van der Waals surface area contributed by atoms with Gasteiger partial charge in [0.15, 0.2) is 5.82 Å². The summed E-state index contributed by atoms with van der Waals surface area (Å²) in [5.41, 5.74) is 28.5. The summed E-state index contributed by atoms with van der Waals surface area (Å²) in [5.74, 6) is 4.67. The minimum atomic E-state index is 0.513. The quantitative estimate of drug-likeness (QED) is 0.127. The highest BCUT2D eigenvalue weighted by Crippen LogP contribution is 2.47. The van der Waals surface area contributed by atoms with Gasteiger partial charge in [-0.05, 0) is 175 Å². The van der Waals surface area contributed by atoms with Gasteiger partial charge in [-0.15, -0.1) is 0 Å². The van der Waals surface area contributed by atoms with E-state index >= 15 is 0 Å². The number of hydrogen-bond acceptors (Lipinski definition) is 6. The van der Waals surface area contributed by atoms with E-state index in [0.29, 0.717) is 34.9 Å². The van der Waals surface area contributed by atoms with Crippen molar-refractivity contribution in [3.05, 3.63) is 425 Å². The van der Waals surface area contributed by atoms with Crippen molar-refractivity contribution in [1.82, 2.24) is 75.2 Å². The van der Waals surface area contributed by atoms with Gasteiger partial charge < -0.3 is 9.13 Å². The molecule has 0 fully saturated rings. The van der Waals surface area contributed by atoms with Gasteiger partial charge in [-0.1, -0.05) is 249 Å². The number of rotatable bonds is 11. The second-order valence-electron chi connectivity index (χ2n) is 35.0. The Labute approximate surface area is 761 Å². The molecular weight excluding hydrogens is 1640 g/mol. The topological polar surface area (TPSA) is 126 Å². The predicted octanol–water partition coefficient (Wildman–Crippen LogP) is 28.3. The average molecular weight is 1710 g/mol. The highest BCUT2D eigenvalue weighted by atomic mass is 15.2. The molecule has 12 heterocycles. The van der Waals surface area contributed by atoms with Crippen LogP contribution in [0.15, 0.2) is 425 Å². The van der Waals surface area contributed by atoms with Crippen molar-refractivity contribution < 1.29 is 0 Å². The largest absolute Gasteiger partial charge is 0.309 e. The zero-order valence-corrected chi connectivity index (χ0v) is 71.6. The van der Waals surface area contributed by atoms with Crippen LogP contribution in [0.2, 0.25) is 0 Å². The third-order valence-electron chi connectivity index (χ3n) is 28.0. The van der Waals surface area contributed by atoms with E-state index in [1.165, 1.54) is 21.5 Å². The first-order valence-corrected chi connectivity index (χ1v) is 45.3. The van der Waals surface area contributed by atoms with Gasteiger partial charge in [0.1, 0.15) is 17.5 Å². The summed E-state index contributed by atoms with van der Waals surface area (Å²) < 4.78 is 23.3. The van der Waals surface area contributed by atoms with Crippen molar-refractivity contribution in [2.45, 2.75) is 0 Å². The van der Waals surface area contributed by atoms with Gasteiger partial charge in [0.05, 0.1) is 127 Å². The smallest absolute Gasteiger partial charge is 0.237 e. The number of fused-ring (bicyclic) bond motifs is 28. The zero-order chi connectivity index (χ0) is 87.2. The Morgan fingerprint density at radius 2 is 0.493 bits per heavy atom. The molecule has 18 aromatic carbocycles. The maximum Gasteiger partial charge on any atom is 0.237 e. The summed E-state index contributed by atoms with van der Waals surface area (Å²) in [5, 5.41) is 13.5. The molecule has 0 amide bonds. The maximum atomic E-state index is 6.03. The van der Waals surface area contributed by atoms with Crippen LogP contribution in [0.3, 0.4) is 0 Å². The molecule has 12 aromatic heterocycles. The standard InChI is InChI=1S/C118H70N16/c1-13-41-92-75(29-1)76-30-2-14-42-93(76)125(92)73-59-63-102-88(68-73)84-61-57-71(65-110(84)129(102)114-70-113(128-98-47-19-7-35-81(98)82-36-8-20-48-99(82)128)122-115(123-114)86-38-10-22-50-101(86)131-106-53-25-26-54-107(106)132-104-51-23-11-39-89(104)120-117(131)132)72-58-62-85(111(66-72)134-109-56-28-27-55-108(109)133-105-52-24-12-40-90(105)121-118(133)134)91-69-112(127-96-45-17-5-33-79(96)80-34-6-18-46-97(80)127)124-116(119-91)130-100-49-21-9-37-83(100)87-67-74(60-64-103(87)130)126-94-43-15-3-31-77(94)78-32-4-16-44-95(78)126/h1-70H. The molecule has 30 aromatic rings. The van der Waals surface area contributed by atoms with E-state index in [4.69, 9.17) is 29.9 Å². The van der Waals surface area contributed by atoms with Gasteiger partial charge >= 0.3 is 0 Å². The molecule has 0 N–H and O–H groups in total. The van der Waals surface area contributed by atoms with E-state index in [-0.39, 0.29) is 0 Å². The van der Waals surface area contributed by atoms with Crippen LogP contribution < -0.4 is 0 Å². The van der Waals surface area contributed by atoms with Crippen molar-refractivity contribution >= 4 is 187 Å². The normalized spacial score (nSPS) is 12.3. The predicted molar refractivity (Wildman–Crippen MR) is 546 cm³/mol. The molecule has 622 valence electrons. The number of para-hydroxylation sites is 18. The molecule has 0 radical (unpaired) electrons. The Morgan fingerprint density at radius 1 is 0.164 bits per heavy atom. The van der Waals surface area contributed by atoms with E-state index in [1.807, 2.05) is 0 Å². The molecule has 16 nitrogen and oxygen atoms in total. The van der Waals surface area contributed by atoms with Crippen molar-refractivity contribution in [2.75, 3.05) is 0 Å². The highest BCUT2D eigenvalue weighted by molar-refractivity contribution is 6.17. The monoisotopic (exact) mass is 1710 g/mol. The maximum absolute atomic E-state index is 6.03. The van der Waals surface area contributed by atoms with E-state index in [1.54, 1.807) is 0 Å². The highest BCUT2D eigenvalue weighted by Gasteiger charge is 2.30. The number of hydrogen-bond donors (Lipinski definition) is 0. The summed E-state index contributed by atoms with van der Waals surface area (Å²) in [4.78, 5) is 34.9. The van der Waals surface area contributed by atoms with Crippen LogP contribution in [0.1, 0.15) is 0 Å². The lowest BCUT2D eigenvalue weighted by atomic mass is 9.99. The molecule has 0 bridgehead atoms. The fraction of sp³-hybridized carbons (Fsp3) is 0. The van der Waals surface area contributed by atoms with Crippen molar-refractivity contribution in [1.29, 1.82) is 0 Å². The number of benzene rings is 18. The Morgan fingerprint density at radius 3 is 0.955 bits per heavy atom. The molecule has 0 aliphatic heterocycles. The summed E-state index contributed by atoms with van der Waals surface area (Å²) in [6, 6.07) is 153. The Balaban J connectivity index is 0.687. The van der Waals surface area contributed by atoms with Gasteiger partial charge in [0, 0.05) is 99.3 Å². The molecule has 0 saturated carbocycles. The van der Waals surface area contributed by atoms with Crippen LogP contribution in [-0.2, 0) is 0 Å². The molecule has 0 spiro atoms. The SMILES string of the molecule is c1ccc(-n2c3ccccc3n3c4ccccc4nc23)c(-c2nc(-n3c4ccccc4c4ccccc43)cc(-n3c4ccc(-n5c6ccccc6c6ccccc65)cc4c4ccc(-c5ccc(-c6cc(-n7c8ccccc8c8ccccc87)nc(-n7c8ccccc8c8cc(-n9c%10ccccc%10c%10ccccc%109)ccc87)n6)c(-n6c7ccccc7n7c8ccccc8nc67)c5)cc43)n2)c1.